The Bertz CT molecular complexity index is 95.6. The molecule has 0 N–H and O–H groups in total. The van der Waals surface area contributed by atoms with Crippen LogP contribution in [-0.2, 0) is 4.74 Å². The maximum atomic E-state index is 8.26. The van der Waals surface area contributed by atoms with Gasteiger partial charge in [-0.25, -0.2) is 0 Å². The molecule has 2 nitrogen and oxygen atoms in total. The Labute approximate surface area is 56.4 Å². The van der Waals surface area contributed by atoms with Crippen LogP contribution in [0.2, 0.25) is 0 Å². The van der Waals surface area contributed by atoms with Crippen molar-refractivity contribution in [3.63, 3.8) is 0 Å². The Kier molecular flexibility index (Phi) is 5.24. The Morgan fingerprint density at radius 1 is 1.67 bits per heavy atom. The first-order valence-corrected chi connectivity index (χ1v) is 3.24. The van der Waals surface area contributed by atoms with Gasteiger partial charge in [0, 0.05) is 7.11 Å². The van der Waals surface area contributed by atoms with Gasteiger partial charge in [0.15, 0.2) is 0 Å². The highest BCUT2D eigenvalue weighted by Crippen LogP contribution is 2.03. The van der Waals surface area contributed by atoms with E-state index in [-0.39, 0.29) is 6.10 Å². The Balaban J connectivity index is 3.32. The third-order valence-electron chi connectivity index (χ3n) is 1.26. The fraction of sp³-hybridized carbons (Fsp3) is 0.857. The van der Waals surface area contributed by atoms with Gasteiger partial charge in [-0.15, -0.1) is 0 Å². The molecule has 1 unspecified atom stereocenters. The maximum Gasteiger partial charge on any atom is 0.0701 e. The molecule has 0 aliphatic rings. The standard InChI is InChI=1S/C7H13NO/c1-3-4-7(9-2)5-6-8/h7H,3-5H2,1-2H3. The molecule has 0 fully saturated rings. The van der Waals surface area contributed by atoms with Crippen molar-refractivity contribution in [2.75, 3.05) is 7.11 Å². The van der Waals surface area contributed by atoms with E-state index in [9.17, 15) is 0 Å². The predicted octanol–water partition coefficient (Wildman–Crippen LogP) is 1.72. The van der Waals surface area contributed by atoms with Crippen LogP contribution in [0.25, 0.3) is 0 Å². The van der Waals surface area contributed by atoms with Gasteiger partial charge in [0.05, 0.1) is 18.6 Å². The first-order chi connectivity index (χ1) is 4.35. The third-order valence-corrected chi connectivity index (χ3v) is 1.26. The van der Waals surface area contributed by atoms with Crippen molar-refractivity contribution >= 4 is 0 Å². The molecule has 0 aliphatic carbocycles. The van der Waals surface area contributed by atoms with Crippen molar-refractivity contribution in [3.05, 3.63) is 0 Å². The lowest BCUT2D eigenvalue weighted by Gasteiger charge is -2.08. The molecule has 0 heterocycles. The highest BCUT2D eigenvalue weighted by Gasteiger charge is 2.02. The third kappa shape index (κ3) is 3.99. The van der Waals surface area contributed by atoms with E-state index in [0.717, 1.165) is 12.8 Å². The lowest BCUT2D eigenvalue weighted by atomic mass is 10.2. The molecular weight excluding hydrogens is 114 g/mol. The largest absolute Gasteiger partial charge is 0.380 e. The van der Waals surface area contributed by atoms with Crippen LogP contribution >= 0.6 is 0 Å². The minimum Gasteiger partial charge on any atom is -0.380 e. The van der Waals surface area contributed by atoms with Gasteiger partial charge in [0.2, 0.25) is 0 Å². The van der Waals surface area contributed by atoms with Gasteiger partial charge >= 0.3 is 0 Å². The van der Waals surface area contributed by atoms with Crippen molar-refractivity contribution in [2.24, 2.45) is 0 Å². The summed E-state index contributed by atoms with van der Waals surface area (Å²) in [5, 5.41) is 8.26. The molecule has 0 rings (SSSR count). The van der Waals surface area contributed by atoms with Crippen LogP contribution in [-0.4, -0.2) is 13.2 Å². The van der Waals surface area contributed by atoms with E-state index >= 15 is 0 Å². The molecule has 52 valence electrons. The Morgan fingerprint density at radius 3 is 2.67 bits per heavy atom. The lowest BCUT2D eigenvalue weighted by Crippen LogP contribution is -2.08. The fourth-order valence-electron chi connectivity index (χ4n) is 0.727. The van der Waals surface area contributed by atoms with Gasteiger partial charge in [-0.2, -0.15) is 5.26 Å². The summed E-state index contributed by atoms with van der Waals surface area (Å²) in [6, 6.07) is 2.08. The second-order valence-corrected chi connectivity index (χ2v) is 2.01. The van der Waals surface area contributed by atoms with E-state index < -0.39 is 0 Å². The highest BCUT2D eigenvalue weighted by atomic mass is 16.5. The Morgan fingerprint density at radius 2 is 2.33 bits per heavy atom. The first-order valence-electron chi connectivity index (χ1n) is 3.24. The molecule has 0 saturated heterocycles. The van der Waals surface area contributed by atoms with Crippen LogP contribution in [0.15, 0.2) is 0 Å². The van der Waals surface area contributed by atoms with Gasteiger partial charge in [-0.1, -0.05) is 13.3 Å². The first kappa shape index (κ1) is 8.45. The molecule has 2 heteroatoms. The van der Waals surface area contributed by atoms with Crippen molar-refractivity contribution in [1.29, 1.82) is 5.26 Å². The zero-order chi connectivity index (χ0) is 7.11. The summed E-state index contributed by atoms with van der Waals surface area (Å²) in [4.78, 5) is 0. The van der Waals surface area contributed by atoms with Gasteiger partial charge < -0.3 is 4.74 Å². The lowest BCUT2D eigenvalue weighted by molar-refractivity contribution is 0.0985. The summed E-state index contributed by atoms with van der Waals surface area (Å²) < 4.78 is 5.01. The van der Waals surface area contributed by atoms with Crippen molar-refractivity contribution in [3.8, 4) is 6.07 Å². The van der Waals surface area contributed by atoms with Crippen molar-refractivity contribution in [2.45, 2.75) is 32.3 Å². The molecule has 0 aliphatic heterocycles. The second kappa shape index (κ2) is 5.58. The van der Waals surface area contributed by atoms with Gasteiger partial charge in [-0.3, -0.25) is 0 Å². The van der Waals surface area contributed by atoms with Gasteiger partial charge in [0.25, 0.3) is 0 Å². The van der Waals surface area contributed by atoms with E-state index in [1.807, 2.05) is 0 Å². The molecule has 0 spiro atoms. The van der Waals surface area contributed by atoms with Crippen molar-refractivity contribution < 1.29 is 4.74 Å². The summed E-state index contributed by atoms with van der Waals surface area (Å²) >= 11 is 0. The minimum atomic E-state index is 0.153. The van der Waals surface area contributed by atoms with E-state index in [4.69, 9.17) is 10.00 Å². The number of nitrogens with zero attached hydrogens (tertiary/aromatic N) is 1. The van der Waals surface area contributed by atoms with E-state index in [1.165, 1.54) is 0 Å². The van der Waals surface area contributed by atoms with Gasteiger partial charge in [-0.05, 0) is 6.42 Å². The molecule has 9 heavy (non-hydrogen) atoms. The molecule has 0 radical (unpaired) electrons. The van der Waals surface area contributed by atoms with Crippen LogP contribution in [0.4, 0.5) is 0 Å². The van der Waals surface area contributed by atoms with Crippen LogP contribution in [0.1, 0.15) is 26.2 Å². The summed E-state index contributed by atoms with van der Waals surface area (Å²) in [6.07, 6.45) is 2.74. The highest BCUT2D eigenvalue weighted by molar-refractivity contribution is 4.75. The molecule has 1 atom stereocenters. The summed E-state index contributed by atoms with van der Waals surface area (Å²) in [6.45, 7) is 2.09. The second-order valence-electron chi connectivity index (χ2n) is 2.01. The van der Waals surface area contributed by atoms with Crippen LogP contribution in [0.5, 0.6) is 0 Å². The number of ether oxygens (including phenoxy) is 1. The van der Waals surface area contributed by atoms with Crippen molar-refractivity contribution in [1.82, 2.24) is 0 Å². The molecule has 0 amide bonds. The maximum absolute atomic E-state index is 8.26. The molecule has 0 bridgehead atoms. The average molecular weight is 127 g/mol. The van der Waals surface area contributed by atoms with Crippen LogP contribution < -0.4 is 0 Å². The molecule has 0 aromatic rings. The number of hydrogen-bond donors (Lipinski definition) is 0. The normalized spacial score (nSPS) is 12.6. The number of rotatable bonds is 4. The molecule has 0 saturated carbocycles. The number of nitriles is 1. The predicted molar refractivity (Wildman–Crippen MR) is 35.9 cm³/mol. The zero-order valence-corrected chi connectivity index (χ0v) is 6.05. The Hall–Kier alpha value is -0.550. The average Bonchev–Trinajstić information content (AvgIpc) is 1.88. The SMILES string of the molecule is CCCC(CC#N)OC. The number of methoxy groups -OCH3 is 1. The van der Waals surface area contributed by atoms with E-state index in [1.54, 1.807) is 7.11 Å². The van der Waals surface area contributed by atoms with Crippen LogP contribution in [0.3, 0.4) is 0 Å². The van der Waals surface area contributed by atoms with Crippen LogP contribution in [0, 0.1) is 11.3 Å². The molecule has 0 aromatic carbocycles. The van der Waals surface area contributed by atoms with E-state index in [2.05, 4.69) is 13.0 Å². The molecule has 0 aromatic heterocycles. The minimum absolute atomic E-state index is 0.153. The smallest absolute Gasteiger partial charge is 0.0701 e. The fourth-order valence-corrected chi connectivity index (χ4v) is 0.727. The molecular formula is C7H13NO. The van der Waals surface area contributed by atoms with E-state index in [0.29, 0.717) is 6.42 Å². The summed E-state index contributed by atoms with van der Waals surface area (Å²) in [5.41, 5.74) is 0. The summed E-state index contributed by atoms with van der Waals surface area (Å²) in [7, 11) is 1.65. The monoisotopic (exact) mass is 127 g/mol. The quantitative estimate of drug-likeness (QED) is 0.576. The zero-order valence-electron chi connectivity index (χ0n) is 6.05. The summed E-state index contributed by atoms with van der Waals surface area (Å²) in [5.74, 6) is 0. The van der Waals surface area contributed by atoms with Gasteiger partial charge in [0.1, 0.15) is 0 Å². The topological polar surface area (TPSA) is 33.0 Å². The number of hydrogen-bond acceptors (Lipinski definition) is 2.